The van der Waals surface area contributed by atoms with Gasteiger partial charge in [-0.05, 0) is 48.2 Å². The van der Waals surface area contributed by atoms with E-state index < -0.39 is 5.92 Å². The van der Waals surface area contributed by atoms with Gasteiger partial charge >= 0.3 is 0 Å². The molecule has 33 heavy (non-hydrogen) atoms. The van der Waals surface area contributed by atoms with Gasteiger partial charge < -0.3 is 14.8 Å². The third-order valence-electron chi connectivity index (χ3n) is 5.92. The number of carbonyl (C=O) groups excluding carboxylic acids is 2. The highest BCUT2D eigenvalue weighted by Crippen LogP contribution is 2.43. The second-order valence-corrected chi connectivity index (χ2v) is 9.27. The van der Waals surface area contributed by atoms with Crippen LogP contribution in [0.1, 0.15) is 28.5 Å². The van der Waals surface area contributed by atoms with E-state index in [9.17, 15) is 9.59 Å². The largest absolute Gasteiger partial charge is 0.333 e. The fraction of sp³-hybridized carbons (Fsp3) is 0.192. The van der Waals surface area contributed by atoms with Crippen LogP contribution in [0.3, 0.4) is 0 Å². The first-order valence-electron chi connectivity index (χ1n) is 10.9. The van der Waals surface area contributed by atoms with Gasteiger partial charge in [0.25, 0.3) is 0 Å². The Morgan fingerprint density at radius 1 is 1.15 bits per heavy atom. The molecule has 2 aromatic carbocycles. The van der Waals surface area contributed by atoms with Gasteiger partial charge in [-0.15, -0.1) is 11.3 Å². The van der Waals surface area contributed by atoms with Gasteiger partial charge in [-0.3, -0.25) is 9.59 Å². The second kappa shape index (κ2) is 9.03. The van der Waals surface area contributed by atoms with Crippen LogP contribution in [0.2, 0.25) is 0 Å². The molecular weight excluding hydrogens is 432 g/mol. The van der Waals surface area contributed by atoms with Crippen molar-refractivity contribution in [3.63, 3.8) is 0 Å². The van der Waals surface area contributed by atoms with Crippen molar-refractivity contribution in [3.8, 4) is 0 Å². The SMILES string of the molecule is Cc1ccc(N2C(=O)C[C@H](C(=O)Nc3cccc(Cn4ccnc4)c3)[C@H]2c2cccs2)cc1. The molecule has 0 unspecified atom stereocenters. The van der Waals surface area contributed by atoms with Crippen molar-refractivity contribution in [3.05, 3.63) is 101 Å². The van der Waals surface area contributed by atoms with Crippen molar-refractivity contribution in [2.24, 2.45) is 5.92 Å². The molecule has 1 aliphatic heterocycles. The van der Waals surface area contributed by atoms with Gasteiger partial charge in [0.15, 0.2) is 0 Å². The maximum Gasteiger partial charge on any atom is 0.230 e. The van der Waals surface area contributed by atoms with Gasteiger partial charge in [-0.1, -0.05) is 35.9 Å². The molecule has 3 heterocycles. The molecule has 1 fully saturated rings. The van der Waals surface area contributed by atoms with Gasteiger partial charge in [0, 0.05) is 41.6 Å². The van der Waals surface area contributed by atoms with Crippen LogP contribution >= 0.6 is 11.3 Å². The Kier molecular flexibility index (Phi) is 5.79. The summed E-state index contributed by atoms with van der Waals surface area (Å²) in [5.74, 6) is -0.655. The first-order chi connectivity index (χ1) is 16.1. The van der Waals surface area contributed by atoms with E-state index >= 15 is 0 Å². The molecule has 0 radical (unpaired) electrons. The van der Waals surface area contributed by atoms with Crippen LogP contribution in [0.15, 0.2) is 84.8 Å². The number of nitrogens with zero attached hydrogens (tertiary/aromatic N) is 3. The van der Waals surface area contributed by atoms with Crippen LogP contribution < -0.4 is 10.2 Å². The highest BCUT2D eigenvalue weighted by Gasteiger charge is 2.45. The number of aromatic nitrogens is 2. The Bertz CT molecular complexity index is 1250. The number of aryl methyl sites for hydroxylation is 1. The fourth-order valence-electron chi connectivity index (χ4n) is 4.34. The third-order valence-corrected chi connectivity index (χ3v) is 6.87. The molecule has 1 aliphatic rings. The lowest BCUT2D eigenvalue weighted by atomic mass is 9.97. The van der Waals surface area contributed by atoms with Gasteiger partial charge in [-0.2, -0.15) is 0 Å². The highest BCUT2D eigenvalue weighted by atomic mass is 32.1. The van der Waals surface area contributed by atoms with Crippen LogP contribution in [0, 0.1) is 12.8 Å². The molecule has 2 aromatic heterocycles. The van der Waals surface area contributed by atoms with E-state index in [0.717, 1.165) is 27.4 Å². The molecular formula is C26H24N4O2S. The fourth-order valence-corrected chi connectivity index (χ4v) is 5.22. The lowest BCUT2D eigenvalue weighted by Crippen LogP contribution is -2.32. The van der Waals surface area contributed by atoms with E-state index in [1.807, 2.05) is 83.7 Å². The molecule has 0 spiro atoms. The van der Waals surface area contributed by atoms with E-state index in [4.69, 9.17) is 0 Å². The van der Waals surface area contributed by atoms with Gasteiger partial charge in [0.05, 0.1) is 18.3 Å². The summed E-state index contributed by atoms with van der Waals surface area (Å²) in [6, 6.07) is 19.3. The van der Waals surface area contributed by atoms with Crippen LogP contribution in [-0.4, -0.2) is 21.4 Å². The maximum absolute atomic E-state index is 13.4. The molecule has 7 heteroatoms. The number of nitrogens with one attached hydrogen (secondary N) is 1. The van der Waals surface area contributed by atoms with Crippen LogP contribution in [-0.2, 0) is 16.1 Å². The number of rotatable bonds is 6. The summed E-state index contributed by atoms with van der Waals surface area (Å²) in [6.07, 6.45) is 5.59. The van der Waals surface area contributed by atoms with Crippen LogP contribution in [0.4, 0.5) is 11.4 Å². The molecule has 0 saturated carbocycles. The molecule has 6 nitrogen and oxygen atoms in total. The summed E-state index contributed by atoms with van der Waals surface area (Å²) in [6.45, 7) is 2.69. The zero-order chi connectivity index (χ0) is 22.8. The summed E-state index contributed by atoms with van der Waals surface area (Å²) < 4.78 is 1.98. The molecule has 1 saturated heterocycles. The summed E-state index contributed by atoms with van der Waals surface area (Å²) >= 11 is 1.57. The first-order valence-corrected chi connectivity index (χ1v) is 11.7. The van der Waals surface area contributed by atoms with E-state index in [2.05, 4.69) is 10.3 Å². The standard InChI is InChI=1S/C26H24N4O2S/c1-18-7-9-21(10-8-18)30-24(31)15-22(25(30)23-6-3-13-33-23)26(32)28-20-5-2-4-19(14-20)16-29-12-11-27-17-29/h2-14,17,22,25H,15-16H2,1H3,(H,28,32)/t22-,25-/m0/s1. The second-order valence-electron chi connectivity index (χ2n) is 8.29. The van der Waals surface area contributed by atoms with Gasteiger partial charge in [0.2, 0.25) is 11.8 Å². The molecule has 2 amide bonds. The highest BCUT2D eigenvalue weighted by molar-refractivity contribution is 7.10. The lowest BCUT2D eigenvalue weighted by molar-refractivity contribution is -0.122. The van der Waals surface area contributed by atoms with E-state index in [1.165, 1.54) is 0 Å². The third kappa shape index (κ3) is 4.45. The quantitative estimate of drug-likeness (QED) is 0.442. The van der Waals surface area contributed by atoms with Crippen molar-refractivity contribution >= 4 is 34.5 Å². The van der Waals surface area contributed by atoms with Crippen molar-refractivity contribution in [1.29, 1.82) is 0 Å². The Morgan fingerprint density at radius 2 is 2.00 bits per heavy atom. The van der Waals surface area contributed by atoms with E-state index in [-0.39, 0.29) is 24.3 Å². The van der Waals surface area contributed by atoms with Crippen molar-refractivity contribution < 1.29 is 9.59 Å². The molecule has 5 rings (SSSR count). The molecule has 166 valence electrons. The van der Waals surface area contributed by atoms with Crippen LogP contribution in [0.5, 0.6) is 0 Å². The number of amides is 2. The minimum Gasteiger partial charge on any atom is -0.333 e. The summed E-state index contributed by atoms with van der Waals surface area (Å²) in [5, 5.41) is 5.05. The minimum atomic E-state index is -0.477. The predicted molar refractivity (Wildman–Crippen MR) is 130 cm³/mol. The minimum absolute atomic E-state index is 0.0359. The zero-order valence-corrected chi connectivity index (χ0v) is 19.0. The van der Waals surface area contributed by atoms with Crippen molar-refractivity contribution in [2.75, 3.05) is 10.2 Å². The first kappa shape index (κ1) is 21.2. The molecule has 4 aromatic rings. The molecule has 1 N–H and O–H groups in total. The number of hydrogen-bond donors (Lipinski definition) is 1. The van der Waals surface area contributed by atoms with E-state index in [0.29, 0.717) is 6.54 Å². The smallest absolute Gasteiger partial charge is 0.230 e. The normalized spacial score (nSPS) is 18.0. The summed E-state index contributed by atoms with van der Waals surface area (Å²) in [5.41, 5.74) is 3.73. The topological polar surface area (TPSA) is 67.2 Å². The number of imidazole rings is 1. The van der Waals surface area contributed by atoms with Crippen molar-refractivity contribution in [2.45, 2.75) is 25.9 Å². The summed E-state index contributed by atoms with van der Waals surface area (Å²) in [7, 11) is 0. The number of anilines is 2. The lowest BCUT2D eigenvalue weighted by Gasteiger charge is -2.27. The van der Waals surface area contributed by atoms with Gasteiger partial charge in [-0.25, -0.2) is 4.98 Å². The maximum atomic E-state index is 13.4. The van der Waals surface area contributed by atoms with Crippen molar-refractivity contribution in [1.82, 2.24) is 9.55 Å². The number of benzene rings is 2. The Balaban J connectivity index is 1.40. The molecule has 0 aliphatic carbocycles. The van der Waals surface area contributed by atoms with Crippen LogP contribution in [0.25, 0.3) is 0 Å². The molecule has 2 atom stereocenters. The number of hydrogen-bond acceptors (Lipinski definition) is 4. The number of carbonyl (C=O) groups is 2. The predicted octanol–water partition coefficient (Wildman–Crippen LogP) is 5.03. The Morgan fingerprint density at radius 3 is 2.73 bits per heavy atom. The Hall–Kier alpha value is -3.71. The summed E-state index contributed by atoms with van der Waals surface area (Å²) in [4.78, 5) is 33.4. The molecule has 0 bridgehead atoms. The average molecular weight is 457 g/mol. The zero-order valence-electron chi connectivity index (χ0n) is 18.2. The van der Waals surface area contributed by atoms with E-state index in [1.54, 1.807) is 28.8 Å². The van der Waals surface area contributed by atoms with Gasteiger partial charge in [0.1, 0.15) is 0 Å². The monoisotopic (exact) mass is 456 g/mol. The average Bonchev–Trinajstić information content (AvgIpc) is 3.56. The Labute approximate surface area is 196 Å². The number of thiophene rings is 1.